The SMILES string of the molecule is COC(=O)c1cc([N+](=O)[O-])ccc1-c1ccc(C)cc1. The van der Waals surface area contributed by atoms with Crippen LogP contribution in [-0.2, 0) is 4.74 Å². The predicted molar refractivity (Wildman–Crippen MR) is 74.6 cm³/mol. The van der Waals surface area contributed by atoms with E-state index in [1.165, 1.54) is 19.2 Å². The Morgan fingerprint density at radius 3 is 2.35 bits per heavy atom. The molecule has 0 heterocycles. The van der Waals surface area contributed by atoms with Crippen molar-refractivity contribution < 1.29 is 14.5 Å². The lowest BCUT2D eigenvalue weighted by Gasteiger charge is -2.08. The Bertz CT molecular complexity index is 662. The van der Waals surface area contributed by atoms with Gasteiger partial charge in [-0.15, -0.1) is 0 Å². The highest BCUT2D eigenvalue weighted by molar-refractivity contribution is 5.98. The molecule has 0 atom stereocenters. The molecule has 2 rings (SSSR count). The van der Waals surface area contributed by atoms with E-state index < -0.39 is 10.9 Å². The second-order valence-electron chi connectivity index (χ2n) is 4.34. The van der Waals surface area contributed by atoms with Gasteiger partial charge in [0.2, 0.25) is 0 Å². The molecule has 0 bridgehead atoms. The van der Waals surface area contributed by atoms with E-state index in [4.69, 9.17) is 4.74 Å². The summed E-state index contributed by atoms with van der Waals surface area (Å²) in [5.74, 6) is -0.593. The lowest BCUT2D eigenvalue weighted by Crippen LogP contribution is -2.04. The molecule has 0 aromatic heterocycles. The number of ether oxygens (including phenoxy) is 1. The number of carbonyl (C=O) groups excluding carboxylic acids is 1. The van der Waals surface area contributed by atoms with Gasteiger partial charge in [-0.3, -0.25) is 10.1 Å². The first-order valence-electron chi connectivity index (χ1n) is 5.96. The minimum atomic E-state index is -0.593. The molecule has 20 heavy (non-hydrogen) atoms. The van der Waals surface area contributed by atoms with Gasteiger partial charge in [-0.2, -0.15) is 0 Å². The minimum Gasteiger partial charge on any atom is -0.465 e. The average molecular weight is 271 g/mol. The first-order valence-corrected chi connectivity index (χ1v) is 5.96. The molecule has 0 aliphatic heterocycles. The van der Waals surface area contributed by atoms with Gasteiger partial charge in [-0.25, -0.2) is 4.79 Å². The predicted octanol–water partition coefficient (Wildman–Crippen LogP) is 3.36. The van der Waals surface area contributed by atoms with Gasteiger partial charge in [0.25, 0.3) is 5.69 Å². The highest BCUT2D eigenvalue weighted by atomic mass is 16.6. The molecule has 2 aromatic rings. The van der Waals surface area contributed by atoms with Crippen LogP contribution in [0.3, 0.4) is 0 Å². The zero-order chi connectivity index (χ0) is 14.7. The minimum absolute atomic E-state index is 0.138. The molecular weight excluding hydrogens is 258 g/mol. The number of esters is 1. The van der Waals surface area contributed by atoms with Crippen LogP contribution < -0.4 is 0 Å². The van der Waals surface area contributed by atoms with Crippen molar-refractivity contribution in [3.8, 4) is 11.1 Å². The molecule has 0 saturated heterocycles. The average Bonchev–Trinajstić information content (AvgIpc) is 2.46. The molecule has 0 unspecified atom stereocenters. The highest BCUT2D eigenvalue weighted by Crippen LogP contribution is 2.28. The molecule has 102 valence electrons. The number of carbonyl (C=O) groups is 1. The first-order chi connectivity index (χ1) is 9.52. The molecule has 2 aromatic carbocycles. The van der Waals surface area contributed by atoms with Crippen molar-refractivity contribution in [3.63, 3.8) is 0 Å². The fraction of sp³-hybridized carbons (Fsp3) is 0.133. The monoisotopic (exact) mass is 271 g/mol. The number of benzene rings is 2. The summed E-state index contributed by atoms with van der Waals surface area (Å²) in [6, 6.07) is 11.7. The van der Waals surface area contributed by atoms with E-state index >= 15 is 0 Å². The van der Waals surface area contributed by atoms with Gasteiger partial charge < -0.3 is 4.74 Å². The normalized spacial score (nSPS) is 10.1. The smallest absolute Gasteiger partial charge is 0.338 e. The largest absolute Gasteiger partial charge is 0.465 e. The van der Waals surface area contributed by atoms with E-state index in [9.17, 15) is 14.9 Å². The Morgan fingerprint density at radius 1 is 1.15 bits per heavy atom. The number of hydrogen-bond acceptors (Lipinski definition) is 4. The summed E-state index contributed by atoms with van der Waals surface area (Å²) in [6.07, 6.45) is 0. The third-order valence-electron chi connectivity index (χ3n) is 2.98. The highest BCUT2D eigenvalue weighted by Gasteiger charge is 2.18. The quantitative estimate of drug-likeness (QED) is 0.487. The number of non-ortho nitro benzene ring substituents is 1. The van der Waals surface area contributed by atoms with Crippen molar-refractivity contribution in [2.75, 3.05) is 7.11 Å². The Morgan fingerprint density at radius 2 is 1.80 bits per heavy atom. The van der Waals surface area contributed by atoms with E-state index in [0.717, 1.165) is 11.1 Å². The van der Waals surface area contributed by atoms with Crippen LogP contribution in [-0.4, -0.2) is 18.0 Å². The summed E-state index contributed by atoms with van der Waals surface area (Å²) in [7, 11) is 1.25. The topological polar surface area (TPSA) is 69.4 Å². The number of nitro groups is 1. The Kier molecular flexibility index (Phi) is 3.79. The van der Waals surface area contributed by atoms with Crippen molar-refractivity contribution in [3.05, 3.63) is 63.7 Å². The summed E-state index contributed by atoms with van der Waals surface area (Å²) in [5.41, 5.74) is 2.57. The molecule has 0 radical (unpaired) electrons. The van der Waals surface area contributed by atoms with Crippen molar-refractivity contribution >= 4 is 11.7 Å². The summed E-state index contributed by atoms with van der Waals surface area (Å²) in [5, 5.41) is 10.8. The number of nitro benzene ring substituents is 1. The number of nitrogens with zero attached hydrogens (tertiary/aromatic N) is 1. The third-order valence-corrected chi connectivity index (χ3v) is 2.98. The lowest BCUT2D eigenvalue weighted by molar-refractivity contribution is -0.384. The van der Waals surface area contributed by atoms with Crippen LogP contribution >= 0.6 is 0 Å². The maximum absolute atomic E-state index is 11.8. The van der Waals surface area contributed by atoms with Crippen LogP contribution in [0.5, 0.6) is 0 Å². The van der Waals surface area contributed by atoms with Crippen molar-refractivity contribution in [2.24, 2.45) is 0 Å². The van der Waals surface area contributed by atoms with Crippen LogP contribution in [0.25, 0.3) is 11.1 Å². The van der Waals surface area contributed by atoms with Gasteiger partial charge in [0.1, 0.15) is 0 Å². The van der Waals surface area contributed by atoms with Gasteiger partial charge in [0, 0.05) is 12.1 Å². The summed E-state index contributed by atoms with van der Waals surface area (Å²) < 4.78 is 4.70. The number of hydrogen-bond donors (Lipinski definition) is 0. The molecule has 0 N–H and O–H groups in total. The van der Waals surface area contributed by atoms with E-state index in [1.54, 1.807) is 6.07 Å². The second-order valence-corrected chi connectivity index (χ2v) is 4.34. The van der Waals surface area contributed by atoms with Gasteiger partial charge in [-0.05, 0) is 24.1 Å². The third kappa shape index (κ3) is 2.66. The summed E-state index contributed by atoms with van der Waals surface area (Å²) in [4.78, 5) is 22.1. The number of aryl methyl sites for hydroxylation is 1. The van der Waals surface area contributed by atoms with Gasteiger partial charge in [0.15, 0.2) is 0 Å². The molecule has 0 aliphatic carbocycles. The van der Waals surface area contributed by atoms with Crippen LogP contribution in [0.15, 0.2) is 42.5 Å². The Balaban J connectivity index is 2.59. The maximum Gasteiger partial charge on any atom is 0.338 e. The molecule has 0 aliphatic rings. The van der Waals surface area contributed by atoms with Gasteiger partial charge in [0.05, 0.1) is 17.6 Å². The Hall–Kier alpha value is -2.69. The van der Waals surface area contributed by atoms with E-state index in [-0.39, 0.29) is 11.3 Å². The molecule has 0 amide bonds. The zero-order valence-electron chi connectivity index (χ0n) is 11.1. The van der Waals surface area contributed by atoms with Crippen LogP contribution in [0, 0.1) is 17.0 Å². The fourth-order valence-corrected chi connectivity index (χ4v) is 1.91. The molecule has 0 saturated carbocycles. The summed E-state index contributed by atoms with van der Waals surface area (Å²) in [6.45, 7) is 1.96. The molecule has 5 heteroatoms. The van der Waals surface area contributed by atoms with Crippen LogP contribution in [0.4, 0.5) is 5.69 Å². The fourth-order valence-electron chi connectivity index (χ4n) is 1.91. The molecule has 5 nitrogen and oxygen atoms in total. The first kappa shape index (κ1) is 13.7. The number of methoxy groups -OCH3 is 1. The van der Waals surface area contributed by atoms with Crippen molar-refractivity contribution in [1.82, 2.24) is 0 Å². The van der Waals surface area contributed by atoms with Gasteiger partial charge in [-0.1, -0.05) is 29.8 Å². The summed E-state index contributed by atoms with van der Waals surface area (Å²) >= 11 is 0. The second kappa shape index (κ2) is 5.52. The molecular formula is C15H13NO4. The Labute approximate surface area is 116 Å². The van der Waals surface area contributed by atoms with Gasteiger partial charge >= 0.3 is 5.97 Å². The van der Waals surface area contributed by atoms with Crippen molar-refractivity contribution in [1.29, 1.82) is 0 Å². The van der Waals surface area contributed by atoms with E-state index in [0.29, 0.717) is 5.56 Å². The van der Waals surface area contributed by atoms with Crippen molar-refractivity contribution in [2.45, 2.75) is 6.92 Å². The zero-order valence-corrected chi connectivity index (χ0v) is 11.1. The van der Waals surface area contributed by atoms with Crippen LogP contribution in [0.1, 0.15) is 15.9 Å². The van der Waals surface area contributed by atoms with E-state index in [1.807, 2.05) is 31.2 Å². The standard InChI is InChI=1S/C15H13NO4/c1-10-3-5-11(6-4-10)13-8-7-12(16(18)19)9-14(13)15(17)20-2/h3-9H,1-2H3. The van der Waals surface area contributed by atoms with Crippen LogP contribution in [0.2, 0.25) is 0 Å². The number of rotatable bonds is 3. The lowest BCUT2D eigenvalue weighted by atomic mass is 9.98. The molecule has 0 fully saturated rings. The van der Waals surface area contributed by atoms with E-state index in [2.05, 4.69) is 0 Å². The maximum atomic E-state index is 11.8. The molecule has 0 spiro atoms.